The molecule has 2 heterocycles. The molecular formula is C15H13N3O2S. The van der Waals surface area contributed by atoms with Crippen molar-refractivity contribution in [3.63, 3.8) is 0 Å². The van der Waals surface area contributed by atoms with Crippen LogP contribution in [0.2, 0.25) is 0 Å². The molecule has 0 fully saturated rings. The Balaban J connectivity index is 1.72. The van der Waals surface area contributed by atoms with Crippen LogP contribution in [0, 0.1) is 12.1 Å². The summed E-state index contributed by atoms with van der Waals surface area (Å²) in [6.07, 6.45) is 1.47. The molecule has 0 aliphatic rings. The highest BCUT2D eigenvalue weighted by Gasteiger charge is 2.11. The van der Waals surface area contributed by atoms with Gasteiger partial charge in [0.15, 0.2) is 12.0 Å². The molecule has 0 aliphatic heterocycles. The first-order chi connectivity index (χ1) is 10.2. The van der Waals surface area contributed by atoms with E-state index in [0.29, 0.717) is 22.5 Å². The molecule has 6 heteroatoms. The molecular weight excluding hydrogens is 286 g/mol. The standard InChI is InChI=1S/C15H13N3O2S/c1-11-5-4-6-12(9-11)15-16-13(17-20-15)10-21-14-7-2-3-8-18(14)19/h2-9H,10H2,1H3. The van der Waals surface area contributed by atoms with Gasteiger partial charge in [-0.15, -0.1) is 0 Å². The molecule has 0 N–H and O–H groups in total. The van der Waals surface area contributed by atoms with Gasteiger partial charge in [-0.3, -0.25) is 0 Å². The fourth-order valence-electron chi connectivity index (χ4n) is 1.87. The number of benzene rings is 1. The molecule has 0 saturated heterocycles. The number of nitrogens with zero attached hydrogens (tertiary/aromatic N) is 3. The topological polar surface area (TPSA) is 65.9 Å². The average Bonchev–Trinajstić information content (AvgIpc) is 2.95. The van der Waals surface area contributed by atoms with Crippen LogP contribution in [0.15, 0.2) is 58.2 Å². The first kappa shape index (κ1) is 13.6. The summed E-state index contributed by atoms with van der Waals surface area (Å²) in [6, 6.07) is 13.2. The van der Waals surface area contributed by atoms with Crippen LogP contribution in [0.5, 0.6) is 0 Å². The van der Waals surface area contributed by atoms with Gasteiger partial charge in [-0.05, 0) is 36.9 Å². The highest BCUT2D eigenvalue weighted by molar-refractivity contribution is 7.98. The molecule has 0 spiro atoms. The normalized spacial score (nSPS) is 10.7. The zero-order chi connectivity index (χ0) is 14.7. The van der Waals surface area contributed by atoms with E-state index in [2.05, 4.69) is 10.1 Å². The van der Waals surface area contributed by atoms with Crippen molar-refractivity contribution < 1.29 is 9.25 Å². The predicted molar refractivity (Wildman–Crippen MR) is 79.4 cm³/mol. The fourth-order valence-corrected chi connectivity index (χ4v) is 2.63. The highest BCUT2D eigenvalue weighted by Crippen LogP contribution is 2.21. The molecule has 3 rings (SSSR count). The first-order valence-electron chi connectivity index (χ1n) is 6.43. The summed E-state index contributed by atoms with van der Waals surface area (Å²) in [5, 5.41) is 16.1. The van der Waals surface area contributed by atoms with E-state index in [9.17, 15) is 5.21 Å². The molecule has 3 aromatic rings. The van der Waals surface area contributed by atoms with E-state index >= 15 is 0 Å². The number of aryl methyl sites for hydroxylation is 1. The molecule has 2 aromatic heterocycles. The van der Waals surface area contributed by atoms with Crippen molar-refractivity contribution in [3.05, 3.63) is 65.3 Å². The molecule has 5 nitrogen and oxygen atoms in total. The van der Waals surface area contributed by atoms with Gasteiger partial charge in [0.25, 0.3) is 10.9 Å². The lowest BCUT2D eigenvalue weighted by Gasteiger charge is -2.00. The van der Waals surface area contributed by atoms with E-state index in [4.69, 9.17) is 4.52 Å². The van der Waals surface area contributed by atoms with Gasteiger partial charge in [0.1, 0.15) is 0 Å². The summed E-state index contributed by atoms with van der Waals surface area (Å²) in [4.78, 5) is 4.36. The lowest BCUT2D eigenvalue weighted by Crippen LogP contribution is -2.27. The Labute approximate surface area is 126 Å². The molecule has 0 saturated carbocycles. The molecule has 0 radical (unpaired) electrons. The summed E-state index contributed by atoms with van der Waals surface area (Å²) in [6.45, 7) is 2.01. The maximum Gasteiger partial charge on any atom is 0.257 e. The summed E-state index contributed by atoms with van der Waals surface area (Å²) in [7, 11) is 0. The number of thioether (sulfide) groups is 1. The third-order valence-corrected chi connectivity index (χ3v) is 3.89. The molecule has 21 heavy (non-hydrogen) atoms. The molecule has 0 amide bonds. The molecule has 0 unspecified atom stereocenters. The number of rotatable bonds is 4. The number of pyridine rings is 1. The van der Waals surface area contributed by atoms with Crippen molar-refractivity contribution in [2.24, 2.45) is 0 Å². The summed E-state index contributed by atoms with van der Waals surface area (Å²) in [5.41, 5.74) is 2.04. The maximum absolute atomic E-state index is 11.5. The Kier molecular flexibility index (Phi) is 3.87. The molecule has 0 atom stereocenters. The largest absolute Gasteiger partial charge is 0.618 e. The van der Waals surface area contributed by atoms with E-state index < -0.39 is 0 Å². The van der Waals surface area contributed by atoms with Gasteiger partial charge in [-0.1, -0.05) is 22.9 Å². The summed E-state index contributed by atoms with van der Waals surface area (Å²) >= 11 is 1.38. The van der Waals surface area contributed by atoms with Crippen molar-refractivity contribution in [3.8, 4) is 11.5 Å². The Morgan fingerprint density at radius 3 is 2.95 bits per heavy atom. The second-order valence-corrected chi connectivity index (χ2v) is 5.53. The van der Waals surface area contributed by atoms with E-state index in [1.165, 1.54) is 18.0 Å². The van der Waals surface area contributed by atoms with Crippen LogP contribution in [-0.2, 0) is 5.75 Å². The van der Waals surface area contributed by atoms with E-state index in [1.54, 1.807) is 12.1 Å². The van der Waals surface area contributed by atoms with Crippen LogP contribution in [0.4, 0.5) is 0 Å². The minimum Gasteiger partial charge on any atom is -0.618 e. The van der Waals surface area contributed by atoms with Gasteiger partial charge in [0, 0.05) is 17.7 Å². The Hall–Kier alpha value is -2.34. The van der Waals surface area contributed by atoms with E-state index in [0.717, 1.165) is 15.9 Å². The SMILES string of the molecule is Cc1cccc(-c2nc(CSc3cccc[n+]3[O-])no2)c1. The zero-order valence-corrected chi connectivity index (χ0v) is 12.2. The van der Waals surface area contributed by atoms with Crippen LogP contribution in [0.3, 0.4) is 0 Å². The third-order valence-electron chi connectivity index (χ3n) is 2.87. The summed E-state index contributed by atoms with van der Waals surface area (Å²) < 4.78 is 6.09. The van der Waals surface area contributed by atoms with Crippen LogP contribution in [0.1, 0.15) is 11.4 Å². The number of hydrogen-bond donors (Lipinski definition) is 0. The van der Waals surface area contributed by atoms with Crippen molar-refractivity contribution in [2.45, 2.75) is 17.7 Å². The monoisotopic (exact) mass is 299 g/mol. The lowest BCUT2D eigenvalue weighted by atomic mass is 10.1. The van der Waals surface area contributed by atoms with Gasteiger partial charge in [-0.25, -0.2) is 0 Å². The molecule has 1 aromatic carbocycles. The minimum atomic E-state index is 0.488. The predicted octanol–water partition coefficient (Wildman–Crippen LogP) is 2.97. The Bertz CT molecular complexity index is 758. The average molecular weight is 299 g/mol. The van der Waals surface area contributed by atoms with Gasteiger partial charge in [-0.2, -0.15) is 9.71 Å². The maximum atomic E-state index is 11.5. The van der Waals surface area contributed by atoms with Crippen molar-refractivity contribution in [1.82, 2.24) is 10.1 Å². The quantitative estimate of drug-likeness (QED) is 0.421. The van der Waals surface area contributed by atoms with Gasteiger partial charge < -0.3 is 9.73 Å². The minimum absolute atomic E-state index is 0.488. The van der Waals surface area contributed by atoms with Crippen LogP contribution >= 0.6 is 11.8 Å². The van der Waals surface area contributed by atoms with Crippen molar-refractivity contribution in [2.75, 3.05) is 0 Å². The van der Waals surface area contributed by atoms with Crippen molar-refractivity contribution in [1.29, 1.82) is 0 Å². The highest BCUT2D eigenvalue weighted by atomic mass is 32.2. The lowest BCUT2D eigenvalue weighted by molar-refractivity contribution is -0.645. The molecule has 106 valence electrons. The van der Waals surface area contributed by atoms with Gasteiger partial charge >= 0.3 is 0 Å². The van der Waals surface area contributed by atoms with Crippen LogP contribution in [0.25, 0.3) is 11.5 Å². The van der Waals surface area contributed by atoms with Gasteiger partial charge in [0.2, 0.25) is 0 Å². The second-order valence-electron chi connectivity index (χ2n) is 4.54. The Morgan fingerprint density at radius 2 is 2.14 bits per heavy atom. The zero-order valence-electron chi connectivity index (χ0n) is 11.4. The van der Waals surface area contributed by atoms with E-state index in [1.807, 2.05) is 37.3 Å². The smallest absolute Gasteiger partial charge is 0.257 e. The second kappa shape index (κ2) is 5.97. The van der Waals surface area contributed by atoms with Gasteiger partial charge in [0.05, 0.1) is 5.75 Å². The fraction of sp³-hybridized carbons (Fsp3) is 0.133. The number of hydrogen-bond acceptors (Lipinski definition) is 5. The van der Waals surface area contributed by atoms with Crippen molar-refractivity contribution >= 4 is 11.8 Å². The van der Waals surface area contributed by atoms with Crippen LogP contribution in [-0.4, -0.2) is 10.1 Å². The van der Waals surface area contributed by atoms with E-state index in [-0.39, 0.29) is 0 Å². The number of aromatic nitrogens is 3. The molecule has 0 aliphatic carbocycles. The molecule has 0 bridgehead atoms. The Morgan fingerprint density at radius 1 is 1.24 bits per heavy atom. The first-order valence-corrected chi connectivity index (χ1v) is 7.41. The van der Waals surface area contributed by atoms with Crippen LogP contribution < -0.4 is 4.73 Å². The summed E-state index contributed by atoms with van der Waals surface area (Å²) in [5.74, 6) is 1.56. The third kappa shape index (κ3) is 3.22.